The number of benzene rings is 1. The molecule has 0 aliphatic carbocycles. The van der Waals surface area contributed by atoms with Gasteiger partial charge in [-0.25, -0.2) is 0 Å². The van der Waals surface area contributed by atoms with Crippen LogP contribution < -0.4 is 16.4 Å². The summed E-state index contributed by atoms with van der Waals surface area (Å²) in [7, 11) is 0. The fraction of sp³-hybridized carbons (Fsp3) is 0.0588. The van der Waals surface area contributed by atoms with E-state index in [2.05, 4.69) is 15.6 Å². The molecule has 4 N–H and O–H groups in total. The number of anilines is 1. The molecule has 1 heterocycles. The molecule has 0 spiro atoms. The summed E-state index contributed by atoms with van der Waals surface area (Å²) in [5.74, 6) is -1.02. The van der Waals surface area contributed by atoms with Gasteiger partial charge in [0.2, 0.25) is 5.91 Å². The Balaban J connectivity index is 1.96. The zero-order valence-electron chi connectivity index (χ0n) is 12.7. The maximum atomic E-state index is 12.0. The third kappa shape index (κ3) is 4.68. The molecule has 0 unspecified atom stereocenters. The fourth-order valence-electron chi connectivity index (χ4n) is 1.82. The lowest BCUT2D eigenvalue weighted by molar-refractivity contribution is -0.117. The Hall–Kier alpha value is -3.66. The number of carbonyl (C=O) groups is 2. The number of nitrogens with two attached hydrogens (primary N) is 1. The van der Waals surface area contributed by atoms with Crippen LogP contribution in [0.4, 0.5) is 5.69 Å². The van der Waals surface area contributed by atoms with Crippen LogP contribution in [0.25, 0.3) is 0 Å². The van der Waals surface area contributed by atoms with Crippen LogP contribution in [0.2, 0.25) is 0 Å². The first-order valence-corrected chi connectivity index (χ1v) is 7.04. The highest BCUT2D eigenvalue weighted by atomic mass is 16.2. The molecule has 2 amide bonds. The minimum absolute atomic E-state index is 0.0714. The van der Waals surface area contributed by atoms with Gasteiger partial charge in [-0.2, -0.15) is 5.26 Å². The first kappa shape index (κ1) is 16.7. The number of rotatable bonds is 6. The number of primary amides is 1. The van der Waals surface area contributed by atoms with Gasteiger partial charge >= 0.3 is 0 Å². The summed E-state index contributed by atoms with van der Waals surface area (Å²) in [4.78, 5) is 26.9. The van der Waals surface area contributed by atoms with Crippen LogP contribution in [-0.2, 0) is 11.3 Å². The molecule has 0 fully saturated rings. The molecule has 0 saturated carbocycles. The smallest absolute Gasteiger partial charge is 0.263 e. The summed E-state index contributed by atoms with van der Waals surface area (Å²) in [6, 6.07) is 11.8. The van der Waals surface area contributed by atoms with Crippen molar-refractivity contribution in [2.24, 2.45) is 5.73 Å². The number of nitrogens with one attached hydrogen (secondary N) is 2. The molecule has 0 atom stereocenters. The molecular formula is C17H15N5O2. The van der Waals surface area contributed by atoms with Gasteiger partial charge in [-0.1, -0.05) is 6.07 Å². The first-order valence-electron chi connectivity index (χ1n) is 7.04. The summed E-state index contributed by atoms with van der Waals surface area (Å²) in [5.41, 5.74) is 6.91. The average Bonchev–Trinajstić information content (AvgIpc) is 2.61. The Kier molecular flexibility index (Phi) is 5.64. The van der Waals surface area contributed by atoms with Crippen LogP contribution in [0.3, 0.4) is 0 Å². The van der Waals surface area contributed by atoms with Crippen molar-refractivity contribution in [3.05, 3.63) is 71.7 Å². The van der Waals surface area contributed by atoms with Crippen LogP contribution >= 0.6 is 0 Å². The van der Waals surface area contributed by atoms with Crippen LogP contribution in [-0.4, -0.2) is 16.8 Å². The second kappa shape index (κ2) is 8.10. The quantitative estimate of drug-likeness (QED) is 0.547. The van der Waals surface area contributed by atoms with E-state index < -0.39 is 11.8 Å². The molecule has 7 heteroatoms. The van der Waals surface area contributed by atoms with Crippen molar-refractivity contribution >= 4 is 17.5 Å². The van der Waals surface area contributed by atoms with E-state index in [0.717, 1.165) is 5.56 Å². The number of pyridine rings is 1. The van der Waals surface area contributed by atoms with Crippen molar-refractivity contribution in [2.45, 2.75) is 6.54 Å². The van der Waals surface area contributed by atoms with Crippen LogP contribution in [0, 0.1) is 11.3 Å². The topological polar surface area (TPSA) is 121 Å². The maximum absolute atomic E-state index is 12.0. The zero-order chi connectivity index (χ0) is 17.4. The minimum Gasteiger partial charge on any atom is -0.366 e. The van der Waals surface area contributed by atoms with Crippen LogP contribution in [0.1, 0.15) is 15.9 Å². The summed E-state index contributed by atoms with van der Waals surface area (Å²) in [6.07, 6.45) is 4.58. The number of nitriles is 1. The SMILES string of the molecule is N#C/C(=C/Nc1ccc(C(N)=O)cc1)C(=O)NCc1cccnc1. The Bertz CT molecular complexity index is 792. The van der Waals surface area contributed by atoms with Crippen molar-refractivity contribution in [2.75, 3.05) is 5.32 Å². The van der Waals surface area contributed by atoms with Crippen molar-refractivity contribution in [1.82, 2.24) is 10.3 Å². The molecule has 0 bridgehead atoms. The summed E-state index contributed by atoms with van der Waals surface area (Å²) < 4.78 is 0. The van der Waals surface area contributed by atoms with E-state index in [4.69, 9.17) is 11.0 Å². The highest BCUT2D eigenvalue weighted by Crippen LogP contribution is 2.10. The van der Waals surface area contributed by atoms with E-state index in [9.17, 15) is 9.59 Å². The van der Waals surface area contributed by atoms with Crippen LogP contribution in [0.15, 0.2) is 60.6 Å². The van der Waals surface area contributed by atoms with E-state index in [1.54, 1.807) is 42.7 Å². The summed E-state index contributed by atoms with van der Waals surface area (Å²) in [6.45, 7) is 0.277. The molecule has 1 aromatic carbocycles. The molecule has 2 rings (SSSR count). The Labute approximate surface area is 138 Å². The predicted molar refractivity (Wildman–Crippen MR) is 88.4 cm³/mol. The minimum atomic E-state index is -0.524. The number of hydrogen-bond donors (Lipinski definition) is 3. The highest BCUT2D eigenvalue weighted by molar-refractivity contribution is 5.97. The van der Waals surface area contributed by atoms with Gasteiger partial charge in [-0.3, -0.25) is 14.6 Å². The van der Waals surface area contributed by atoms with Gasteiger partial charge in [-0.05, 0) is 35.9 Å². The normalized spacial score (nSPS) is 10.5. The highest BCUT2D eigenvalue weighted by Gasteiger charge is 2.08. The molecule has 0 radical (unpaired) electrons. The van der Waals surface area contributed by atoms with E-state index in [0.29, 0.717) is 11.3 Å². The van der Waals surface area contributed by atoms with E-state index in [1.807, 2.05) is 12.1 Å². The number of hydrogen-bond acceptors (Lipinski definition) is 5. The molecule has 0 aliphatic heterocycles. The van der Waals surface area contributed by atoms with Gasteiger partial charge in [0, 0.05) is 36.4 Å². The lowest BCUT2D eigenvalue weighted by Crippen LogP contribution is -2.24. The Morgan fingerprint density at radius 2 is 2.00 bits per heavy atom. The second-order valence-corrected chi connectivity index (χ2v) is 4.80. The molecule has 120 valence electrons. The lowest BCUT2D eigenvalue weighted by Gasteiger charge is -2.05. The molecule has 0 aliphatic rings. The Morgan fingerprint density at radius 3 is 2.58 bits per heavy atom. The van der Waals surface area contributed by atoms with Gasteiger partial charge in [0.1, 0.15) is 11.6 Å². The number of amides is 2. The molecule has 24 heavy (non-hydrogen) atoms. The summed E-state index contributed by atoms with van der Waals surface area (Å²) >= 11 is 0. The largest absolute Gasteiger partial charge is 0.366 e. The second-order valence-electron chi connectivity index (χ2n) is 4.80. The van der Waals surface area contributed by atoms with Crippen molar-refractivity contribution < 1.29 is 9.59 Å². The molecule has 1 aromatic heterocycles. The van der Waals surface area contributed by atoms with Gasteiger partial charge in [0.25, 0.3) is 5.91 Å². The van der Waals surface area contributed by atoms with Gasteiger partial charge in [0.15, 0.2) is 0 Å². The fourth-order valence-corrected chi connectivity index (χ4v) is 1.82. The van der Waals surface area contributed by atoms with Crippen molar-refractivity contribution in [3.8, 4) is 6.07 Å². The molecule has 7 nitrogen and oxygen atoms in total. The molecular weight excluding hydrogens is 306 g/mol. The first-order chi connectivity index (χ1) is 11.6. The molecule has 0 saturated heterocycles. The zero-order valence-corrected chi connectivity index (χ0v) is 12.7. The maximum Gasteiger partial charge on any atom is 0.263 e. The van der Waals surface area contributed by atoms with Gasteiger partial charge < -0.3 is 16.4 Å². The standard InChI is InChI=1S/C17H15N5O2/c18-8-14(17(24)22-10-12-2-1-7-20-9-12)11-21-15-5-3-13(4-6-15)16(19)23/h1-7,9,11,21H,10H2,(H2,19,23)(H,22,24)/b14-11-. The molecule has 2 aromatic rings. The van der Waals surface area contributed by atoms with Gasteiger partial charge in [0.05, 0.1) is 0 Å². The third-order valence-electron chi connectivity index (χ3n) is 3.09. The number of carbonyl (C=O) groups excluding carboxylic acids is 2. The summed E-state index contributed by atoms with van der Waals surface area (Å²) in [5, 5.41) is 14.6. The Morgan fingerprint density at radius 1 is 1.25 bits per heavy atom. The van der Waals surface area contributed by atoms with E-state index in [1.165, 1.54) is 6.20 Å². The van der Waals surface area contributed by atoms with Gasteiger partial charge in [-0.15, -0.1) is 0 Å². The third-order valence-corrected chi connectivity index (χ3v) is 3.09. The average molecular weight is 321 g/mol. The predicted octanol–water partition coefficient (Wildman–Crippen LogP) is 1.32. The van der Waals surface area contributed by atoms with Crippen molar-refractivity contribution in [3.63, 3.8) is 0 Å². The number of aromatic nitrogens is 1. The lowest BCUT2D eigenvalue weighted by atomic mass is 10.2. The van der Waals surface area contributed by atoms with Crippen LogP contribution in [0.5, 0.6) is 0 Å². The number of nitrogens with zero attached hydrogens (tertiary/aromatic N) is 2. The van der Waals surface area contributed by atoms with E-state index >= 15 is 0 Å². The van der Waals surface area contributed by atoms with Crippen molar-refractivity contribution in [1.29, 1.82) is 5.26 Å². The monoisotopic (exact) mass is 321 g/mol. The van der Waals surface area contributed by atoms with E-state index in [-0.39, 0.29) is 12.1 Å².